The van der Waals surface area contributed by atoms with E-state index in [0.29, 0.717) is 0 Å². The Labute approximate surface area is 129 Å². The fraction of sp³-hybridized carbons (Fsp3) is 0.647. The van der Waals surface area contributed by atoms with Crippen molar-refractivity contribution in [2.24, 2.45) is 0 Å². The number of nitrogens with one attached hydrogen (secondary N) is 1. The molecule has 0 amide bonds. The largest absolute Gasteiger partial charge is 0.379 e. The van der Waals surface area contributed by atoms with E-state index in [9.17, 15) is 0 Å². The summed E-state index contributed by atoms with van der Waals surface area (Å²) < 4.78 is 5.58. The summed E-state index contributed by atoms with van der Waals surface area (Å²) in [4.78, 5) is 4.49. The van der Waals surface area contributed by atoms with E-state index in [2.05, 4.69) is 54.5 Å². The maximum atomic E-state index is 5.58. The van der Waals surface area contributed by atoms with Crippen molar-refractivity contribution in [2.45, 2.75) is 19.4 Å². The van der Waals surface area contributed by atoms with Crippen molar-refractivity contribution in [3.63, 3.8) is 0 Å². The second-order valence-electron chi connectivity index (χ2n) is 6.08. The SMILES string of the molecule is CN(C)CCOCCNCc1ccc2c(c1)CCCN2C. The minimum absolute atomic E-state index is 0.779. The number of benzene rings is 1. The Balaban J connectivity index is 1.67. The molecule has 4 nitrogen and oxygen atoms in total. The van der Waals surface area contributed by atoms with E-state index in [-0.39, 0.29) is 0 Å². The lowest BCUT2D eigenvalue weighted by Crippen LogP contribution is -2.25. The van der Waals surface area contributed by atoms with Crippen molar-refractivity contribution < 1.29 is 4.74 Å². The van der Waals surface area contributed by atoms with Gasteiger partial charge < -0.3 is 19.9 Å². The molecule has 0 radical (unpaired) electrons. The van der Waals surface area contributed by atoms with Crippen LogP contribution in [0.1, 0.15) is 17.5 Å². The van der Waals surface area contributed by atoms with Crippen molar-refractivity contribution in [1.82, 2.24) is 10.2 Å². The number of rotatable bonds is 8. The van der Waals surface area contributed by atoms with Crippen LogP contribution in [0.5, 0.6) is 0 Å². The molecule has 1 aliphatic heterocycles. The minimum atomic E-state index is 0.779. The third-order valence-electron chi connectivity index (χ3n) is 3.93. The molecule has 0 saturated heterocycles. The molecule has 0 atom stereocenters. The molecular weight excluding hydrogens is 262 g/mol. The Hall–Kier alpha value is -1.10. The molecule has 0 aromatic heterocycles. The maximum Gasteiger partial charge on any atom is 0.0593 e. The third kappa shape index (κ3) is 5.30. The zero-order valence-electron chi connectivity index (χ0n) is 13.7. The molecule has 21 heavy (non-hydrogen) atoms. The van der Waals surface area contributed by atoms with Gasteiger partial charge in [0.05, 0.1) is 13.2 Å². The van der Waals surface area contributed by atoms with Gasteiger partial charge in [0.2, 0.25) is 0 Å². The summed E-state index contributed by atoms with van der Waals surface area (Å²) in [6.45, 7) is 5.58. The van der Waals surface area contributed by atoms with Gasteiger partial charge in [0.1, 0.15) is 0 Å². The van der Waals surface area contributed by atoms with Gasteiger partial charge in [0, 0.05) is 38.9 Å². The number of hydrogen-bond donors (Lipinski definition) is 1. The molecule has 1 aromatic rings. The van der Waals surface area contributed by atoms with E-state index in [1.807, 2.05) is 0 Å². The molecule has 0 fully saturated rings. The molecule has 118 valence electrons. The maximum absolute atomic E-state index is 5.58. The van der Waals surface area contributed by atoms with E-state index in [1.54, 1.807) is 0 Å². The summed E-state index contributed by atoms with van der Waals surface area (Å²) >= 11 is 0. The Morgan fingerprint density at radius 1 is 1.29 bits per heavy atom. The summed E-state index contributed by atoms with van der Waals surface area (Å²) in [6.07, 6.45) is 2.47. The summed E-state index contributed by atoms with van der Waals surface area (Å²) in [5.41, 5.74) is 4.26. The van der Waals surface area contributed by atoms with Crippen molar-refractivity contribution in [2.75, 3.05) is 58.9 Å². The van der Waals surface area contributed by atoms with Crippen molar-refractivity contribution in [3.8, 4) is 0 Å². The summed E-state index contributed by atoms with van der Waals surface area (Å²) in [7, 11) is 6.31. The molecule has 0 unspecified atom stereocenters. The van der Waals surface area contributed by atoms with Crippen LogP contribution in [0.4, 0.5) is 5.69 Å². The Kier molecular flexibility index (Phi) is 6.49. The van der Waals surface area contributed by atoms with Gasteiger partial charge in [-0.1, -0.05) is 12.1 Å². The number of nitrogens with zero attached hydrogens (tertiary/aromatic N) is 2. The van der Waals surface area contributed by atoms with Crippen LogP contribution in [0.25, 0.3) is 0 Å². The van der Waals surface area contributed by atoms with Gasteiger partial charge in [-0.3, -0.25) is 0 Å². The monoisotopic (exact) mass is 291 g/mol. The fourth-order valence-electron chi connectivity index (χ4n) is 2.67. The minimum Gasteiger partial charge on any atom is -0.379 e. The summed E-state index contributed by atoms with van der Waals surface area (Å²) in [5.74, 6) is 0. The average molecular weight is 291 g/mol. The van der Waals surface area contributed by atoms with Crippen molar-refractivity contribution >= 4 is 5.69 Å². The highest BCUT2D eigenvalue weighted by Gasteiger charge is 2.13. The molecular formula is C17H29N3O. The molecule has 4 heteroatoms. The van der Waals surface area contributed by atoms with Gasteiger partial charge >= 0.3 is 0 Å². The van der Waals surface area contributed by atoms with Gasteiger partial charge in [0.25, 0.3) is 0 Å². The predicted octanol–water partition coefficient (Wildman–Crippen LogP) is 1.74. The standard InChI is InChI=1S/C17H29N3O/c1-19(2)10-12-21-11-8-18-14-15-6-7-17-16(13-15)5-4-9-20(17)3/h6-7,13,18H,4-5,8-12,14H2,1-3H3. The number of anilines is 1. The Morgan fingerprint density at radius 3 is 2.95 bits per heavy atom. The Morgan fingerprint density at radius 2 is 2.14 bits per heavy atom. The topological polar surface area (TPSA) is 27.7 Å². The molecule has 1 N–H and O–H groups in total. The van der Waals surface area contributed by atoms with Gasteiger partial charge in [-0.15, -0.1) is 0 Å². The van der Waals surface area contributed by atoms with Crippen LogP contribution in [-0.2, 0) is 17.7 Å². The lowest BCUT2D eigenvalue weighted by atomic mass is 9.99. The zero-order valence-corrected chi connectivity index (χ0v) is 13.7. The van der Waals surface area contributed by atoms with E-state index in [1.165, 1.54) is 36.2 Å². The second kappa shape index (κ2) is 8.37. The number of ether oxygens (including phenoxy) is 1. The summed E-state index contributed by atoms with van der Waals surface area (Å²) in [6, 6.07) is 6.85. The lowest BCUT2D eigenvalue weighted by Gasteiger charge is -2.27. The number of aryl methyl sites for hydroxylation is 1. The third-order valence-corrected chi connectivity index (χ3v) is 3.93. The number of likely N-dealkylation sites (N-methyl/N-ethyl adjacent to an activating group) is 1. The first-order valence-electron chi connectivity index (χ1n) is 7.93. The van der Waals surface area contributed by atoms with Gasteiger partial charge in [-0.25, -0.2) is 0 Å². The quantitative estimate of drug-likeness (QED) is 0.738. The van der Waals surface area contributed by atoms with Crippen molar-refractivity contribution in [1.29, 1.82) is 0 Å². The second-order valence-corrected chi connectivity index (χ2v) is 6.08. The lowest BCUT2D eigenvalue weighted by molar-refractivity contribution is 0.119. The first-order chi connectivity index (χ1) is 10.2. The van der Waals surface area contributed by atoms with E-state index in [4.69, 9.17) is 4.74 Å². The molecule has 0 saturated carbocycles. The van der Waals surface area contributed by atoms with E-state index >= 15 is 0 Å². The van der Waals surface area contributed by atoms with Crippen LogP contribution in [-0.4, -0.2) is 58.9 Å². The molecule has 1 aromatic carbocycles. The van der Waals surface area contributed by atoms with Gasteiger partial charge in [0.15, 0.2) is 0 Å². The number of fused-ring (bicyclic) bond motifs is 1. The van der Waals surface area contributed by atoms with Gasteiger partial charge in [-0.05, 0) is 44.1 Å². The van der Waals surface area contributed by atoms with Crippen LogP contribution < -0.4 is 10.2 Å². The van der Waals surface area contributed by atoms with Crippen LogP contribution in [0, 0.1) is 0 Å². The van der Waals surface area contributed by atoms with Crippen LogP contribution in [0.15, 0.2) is 18.2 Å². The Bertz CT molecular complexity index is 434. The predicted molar refractivity (Wildman–Crippen MR) is 89.1 cm³/mol. The van der Waals surface area contributed by atoms with Crippen LogP contribution >= 0.6 is 0 Å². The highest BCUT2D eigenvalue weighted by atomic mass is 16.5. The van der Waals surface area contributed by atoms with Gasteiger partial charge in [-0.2, -0.15) is 0 Å². The highest BCUT2D eigenvalue weighted by Crippen LogP contribution is 2.26. The first-order valence-corrected chi connectivity index (χ1v) is 7.93. The first kappa shape index (κ1) is 16.3. The van der Waals surface area contributed by atoms with Crippen LogP contribution in [0.2, 0.25) is 0 Å². The molecule has 1 heterocycles. The van der Waals surface area contributed by atoms with Crippen molar-refractivity contribution in [3.05, 3.63) is 29.3 Å². The zero-order chi connectivity index (χ0) is 15.1. The summed E-state index contributed by atoms with van der Waals surface area (Å²) in [5, 5.41) is 3.46. The fourth-order valence-corrected chi connectivity index (χ4v) is 2.67. The highest BCUT2D eigenvalue weighted by molar-refractivity contribution is 5.56. The molecule has 0 aliphatic carbocycles. The van der Waals surface area contributed by atoms with E-state index in [0.717, 1.165) is 32.8 Å². The van der Waals surface area contributed by atoms with E-state index < -0.39 is 0 Å². The molecule has 1 aliphatic rings. The number of hydrogen-bond acceptors (Lipinski definition) is 4. The molecule has 2 rings (SSSR count). The molecule has 0 spiro atoms. The van der Waals surface area contributed by atoms with Crippen LogP contribution in [0.3, 0.4) is 0 Å². The smallest absolute Gasteiger partial charge is 0.0593 e. The average Bonchev–Trinajstić information content (AvgIpc) is 2.46. The normalized spacial score (nSPS) is 14.6. The molecule has 0 bridgehead atoms.